The van der Waals surface area contributed by atoms with Gasteiger partial charge in [-0.25, -0.2) is 4.98 Å². The molecule has 0 aromatic carbocycles. The Hall–Kier alpha value is -1.46. The number of hydrogen-bond acceptors (Lipinski definition) is 4. The van der Waals surface area contributed by atoms with Crippen molar-refractivity contribution in [1.82, 2.24) is 9.88 Å². The van der Waals surface area contributed by atoms with Gasteiger partial charge in [0, 0.05) is 19.3 Å². The average molecular weight is 263 g/mol. The van der Waals surface area contributed by atoms with Gasteiger partial charge in [0.05, 0.1) is 0 Å². The monoisotopic (exact) mass is 263 g/mol. The van der Waals surface area contributed by atoms with Crippen molar-refractivity contribution in [2.45, 2.75) is 31.9 Å². The Labute approximate surface area is 114 Å². The summed E-state index contributed by atoms with van der Waals surface area (Å²) in [5, 5.41) is 2.83. The van der Waals surface area contributed by atoms with Crippen LogP contribution in [0.25, 0.3) is 0 Å². The van der Waals surface area contributed by atoms with Crippen LogP contribution < -0.4 is 5.32 Å². The first-order valence-corrected chi connectivity index (χ1v) is 6.67. The minimum absolute atomic E-state index is 0.0887. The van der Waals surface area contributed by atoms with Gasteiger partial charge in [-0.1, -0.05) is 0 Å². The maximum Gasteiger partial charge on any atom is 0.254 e. The van der Waals surface area contributed by atoms with Crippen molar-refractivity contribution in [2.24, 2.45) is 0 Å². The number of hydrogen-bond donors (Lipinski definition) is 1. The van der Waals surface area contributed by atoms with Crippen molar-refractivity contribution in [3.05, 3.63) is 23.9 Å². The molecule has 5 heteroatoms. The zero-order chi connectivity index (χ0) is 13.7. The van der Waals surface area contributed by atoms with Crippen LogP contribution >= 0.6 is 0 Å². The van der Waals surface area contributed by atoms with Crippen LogP contribution in [0.3, 0.4) is 0 Å². The Kier molecular flexibility index (Phi) is 4.87. The van der Waals surface area contributed by atoms with E-state index in [4.69, 9.17) is 4.74 Å². The van der Waals surface area contributed by atoms with Gasteiger partial charge in [-0.05, 0) is 51.1 Å². The summed E-state index contributed by atoms with van der Waals surface area (Å²) in [6.07, 6.45) is 4.28. The molecule has 1 aliphatic rings. The highest BCUT2D eigenvalue weighted by Crippen LogP contribution is 2.15. The van der Waals surface area contributed by atoms with E-state index < -0.39 is 0 Å². The number of anilines is 1. The Morgan fingerprint density at radius 3 is 3.05 bits per heavy atom. The maximum absolute atomic E-state index is 12.0. The maximum atomic E-state index is 12.0. The van der Waals surface area contributed by atoms with Gasteiger partial charge in [0.2, 0.25) is 0 Å². The number of ether oxygens (including phenoxy) is 1. The average Bonchev–Trinajstić information content (AvgIpc) is 2.39. The number of pyridine rings is 1. The van der Waals surface area contributed by atoms with Crippen LogP contribution in [0.1, 0.15) is 24.8 Å². The molecule has 2 rings (SSSR count). The van der Waals surface area contributed by atoms with Gasteiger partial charge in [-0.3, -0.25) is 4.79 Å². The molecule has 19 heavy (non-hydrogen) atoms. The first-order valence-electron chi connectivity index (χ1n) is 6.67. The smallest absolute Gasteiger partial charge is 0.254 e. The van der Waals surface area contributed by atoms with Crippen LogP contribution in [0.15, 0.2) is 18.3 Å². The van der Waals surface area contributed by atoms with Gasteiger partial charge in [-0.2, -0.15) is 0 Å². The van der Waals surface area contributed by atoms with E-state index in [-0.39, 0.29) is 12.0 Å². The lowest BCUT2D eigenvalue weighted by atomic mass is 10.1. The topological polar surface area (TPSA) is 54.5 Å². The zero-order valence-corrected chi connectivity index (χ0v) is 11.6. The second-order valence-electron chi connectivity index (χ2n) is 5.13. The molecule has 0 bridgehead atoms. The summed E-state index contributed by atoms with van der Waals surface area (Å²) in [6, 6.07) is 3.85. The van der Waals surface area contributed by atoms with E-state index in [1.807, 2.05) is 26.2 Å². The van der Waals surface area contributed by atoms with E-state index in [9.17, 15) is 4.79 Å². The predicted octanol–water partition coefficient (Wildman–Crippen LogP) is 1.65. The molecule has 1 aliphatic heterocycles. The van der Waals surface area contributed by atoms with E-state index in [0.717, 1.165) is 31.4 Å². The van der Waals surface area contributed by atoms with E-state index in [2.05, 4.69) is 15.2 Å². The molecular formula is C14H21N3O2. The number of nitrogens with zero attached hydrogens (tertiary/aromatic N) is 2. The lowest BCUT2D eigenvalue weighted by Crippen LogP contribution is -2.33. The van der Waals surface area contributed by atoms with Gasteiger partial charge >= 0.3 is 0 Å². The van der Waals surface area contributed by atoms with Crippen LogP contribution in [0.2, 0.25) is 0 Å². The fourth-order valence-corrected chi connectivity index (χ4v) is 2.16. The molecule has 0 spiro atoms. The van der Waals surface area contributed by atoms with Crippen molar-refractivity contribution >= 4 is 11.7 Å². The summed E-state index contributed by atoms with van der Waals surface area (Å²) in [6.45, 7) is 1.50. The summed E-state index contributed by atoms with van der Waals surface area (Å²) in [7, 11) is 4.02. The highest BCUT2D eigenvalue weighted by molar-refractivity contribution is 5.93. The van der Waals surface area contributed by atoms with Gasteiger partial charge in [0.1, 0.15) is 11.9 Å². The molecule has 1 amide bonds. The van der Waals surface area contributed by atoms with Crippen molar-refractivity contribution in [3.8, 4) is 0 Å². The zero-order valence-electron chi connectivity index (χ0n) is 11.6. The third kappa shape index (κ3) is 4.29. The minimum Gasteiger partial charge on any atom is -0.368 e. The molecule has 0 aliphatic carbocycles. The van der Waals surface area contributed by atoms with E-state index >= 15 is 0 Å². The number of aromatic nitrogens is 1. The van der Waals surface area contributed by atoms with Crippen molar-refractivity contribution in [2.75, 3.05) is 26.0 Å². The minimum atomic E-state index is -0.326. The summed E-state index contributed by atoms with van der Waals surface area (Å²) >= 11 is 0. The third-order valence-electron chi connectivity index (χ3n) is 3.05. The molecular weight excluding hydrogens is 242 g/mol. The lowest BCUT2D eigenvalue weighted by molar-refractivity contribution is -0.130. The lowest BCUT2D eigenvalue weighted by Gasteiger charge is -2.21. The van der Waals surface area contributed by atoms with Crippen LogP contribution in [-0.2, 0) is 16.1 Å². The molecule has 2 heterocycles. The Bertz CT molecular complexity index is 428. The number of rotatable bonds is 4. The van der Waals surface area contributed by atoms with Gasteiger partial charge in [-0.15, -0.1) is 0 Å². The van der Waals surface area contributed by atoms with Crippen molar-refractivity contribution in [3.63, 3.8) is 0 Å². The highest BCUT2D eigenvalue weighted by Gasteiger charge is 2.22. The Balaban J connectivity index is 1.96. The van der Waals surface area contributed by atoms with Crippen molar-refractivity contribution < 1.29 is 9.53 Å². The number of nitrogens with one attached hydrogen (secondary N) is 1. The standard InChI is InChI=1S/C14H21N3O2/c1-17(2)10-11-6-7-15-13(9-11)16-14(18)12-5-3-4-8-19-12/h6-7,9,12H,3-5,8,10H2,1-2H3,(H,15,16,18). The second kappa shape index (κ2) is 6.63. The van der Waals surface area contributed by atoms with E-state index in [1.165, 1.54) is 0 Å². The second-order valence-corrected chi connectivity index (χ2v) is 5.13. The molecule has 0 saturated carbocycles. The van der Waals surface area contributed by atoms with E-state index in [0.29, 0.717) is 12.4 Å². The number of amides is 1. The first kappa shape index (κ1) is 14.0. The van der Waals surface area contributed by atoms with Gasteiger partial charge in [0.25, 0.3) is 5.91 Å². The Morgan fingerprint density at radius 1 is 1.53 bits per heavy atom. The molecule has 1 unspecified atom stereocenters. The highest BCUT2D eigenvalue weighted by atomic mass is 16.5. The van der Waals surface area contributed by atoms with Crippen LogP contribution in [0.5, 0.6) is 0 Å². The summed E-state index contributed by atoms with van der Waals surface area (Å²) in [5.74, 6) is 0.507. The largest absolute Gasteiger partial charge is 0.368 e. The molecule has 1 aromatic heterocycles. The van der Waals surface area contributed by atoms with Crippen LogP contribution in [-0.4, -0.2) is 42.6 Å². The molecule has 1 saturated heterocycles. The molecule has 1 fully saturated rings. The number of carbonyl (C=O) groups excluding carboxylic acids is 1. The first-order chi connectivity index (χ1) is 9.15. The normalized spacial score (nSPS) is 19.4. The molecule has 104 valence electrons. The van der Waals surface area contributed by atoms with Gasteiger partial charge in [0.15, 0.2) is 0 Å². The van der Waals surface area contributed by atoms with Crippen LogP contribution in [0.4, 0.5) is 5.82 Å². The van der Waals surface area contributed by atoms with Gasteiger partial charge < -0.3 is 15.0 Å². The third-order valence-corrected chi connectivity index (χ3v) is 3.05. The fraction of sp³-hybridized carbons (Fsp3) is 0.571. The molecule has 0 radical (unpaired) electrons. The summed E-state index contributed by atoms with van der Waals surface area (Å²) < 4.78 is 5.46. The molecule has 1 N–H and O–H groups in total. The quantitative estimate of drug-likeness (QED) is 0.897. The Morgan fingerprint density at radius 2 is 2.37 bits per heavy atom. The van der Waals surface area contributed by atoms with Crippen LogP contribution in [0, 0.1) is 0 Å². The molecule has 1 atom stereocenters. The summed E-state index contributed by atoms with van der Waals surface area (Å²) in [5.41, 5.74) is 1.12. The number of carbonyl (C=O) groups is 1. The molecule has 1 aromatic rings. The van der Waals surface area contributed by atoms with E-state index in [1.54, 1.807) is 6.20 Å². The summed E-state index contributed by atoms with van der Waals surface area (Å²) in [4.78, 5) is 18.3. The predicted molar refractivity (Wildman–Crippen MR) is 73.8 cm³/mol. The van der Waals surface area contributed by atoms with Crippen molar-refractivity contribution in [1.29, 1.82) is 0 Å². The molecule has 5 nitrogen and oxygen atoms in total. The fourth-order valence-electron chi connectivity index (χ4n) is 2.16. The SMILES string of the molecule is CN(C)Cc1ccnc(NC(=O)C2CCCCO2)c1.